The molecule has 0 aromatic heterocycles. The maximum Gasteiger partial charge on any atom is 0.338 e. The Bertz CT molecular complexity index is 1420. The van der Waals surface area contributed by atoms with E-state index in [1.165, 1.54) is 32.9 Å². The first-order valence-corrected chi connectivity index (χ1v) is 15.1. The first-order valence-electron chi connectivity index (χ1n) is 15.1. The molecule has 2 saturated carbocycles. The third kappa shape index (κ3) is 4.88. The molecule has 1 saturated heterocycles. The van der Waals surface area contributed by atoms with Crippen molar-refractivity contribution in [1.29, 1.82) is 0 Å². The second kappa shape index (κ2) is 11.2. The van der Waals surface area contributed by atoms with Gasteiger partial charge in [-0.1, -0.05) is 39.0 Å². The third-order valence-electron chi connectivity index (χ3n) is 10.7. The molecule has 1 unspecified atom stereocenters. The molecule has 1 aromatic carbocycles. The van der Waals surface area contributed by atoms with Gasteiger partial charge >= 0.3 is 23.9 Å². The molecule has 12 nitrogen and oxygen atoms in total. The summed E-state index contributed by atoms with van der Waals surface area (Å²) in [7, 11) is 0. The van der Waals surface area contributed by atoms with Crippen molar-refractivity contribution in [3.63, 3.8) is 0 Å². The summed E-state index contributed by atoms with van der Waals surface area (Å²) in [4.78, 5) is 51.5. The Morgan fingerprint density at radius 3 is 2.07 bits per heavy atom. The van der Waals surface area contributed by atoms with E-state index in [1.54, 1.807) is 45.9 Å². The Kier molecular flexibility index (Phi) is 8.21. The van der Waals surface area contributed by atoms with Crippen LogP contribution in [-0.4, -0.2) is 93.6 Å². The molecule has 5 rings (SSSR count). The summed E-state index contributed by atoms with van der Waals surface area (Å²) in [6, 6.07) is 8.09. The normalized spacial score (nSPS) is 39.9. The van der Waals surface area contributed by atoms with E-state index in [9.17, 15) is 34.5 Å². The van der Waals surface area contributed by atoms with E-state index in [2.05, 4.69) is 0 Å². The van der Waals surface area contributed by atoms with Crippen molar-refractivity contribution < 1.29 is 58.2 Å². The molecular formula is C33H42O12. The van der Waals surface area contributed by atoms with Gasteiger partial charge < -0.3 is 39.0 Å². The zero-order chi connectivity index (χ0) is 33.3. The summed E-state index contributed by atoms with van der Waals surface area (Å²) in [5, 5.41) is 37.4. The van der Waals surface area contributed by atoms with E-state index in [4.69, 9.17) is 23.7 Å². The largest absolute Gasteiger partial charge is 0.458 e. The first kappa shape index (κ1) is 33.1. The van der Waals surface area contributed by atoms with Crippen LogP contribution in [-0.2, 0) is 38.1 Å². The second-order valence-corrected chi connectivity index (χ2v) is 13.6. The van der Waals surface area contributed by atoms with Crippen molar-refractivity contribution in [3.05, 3.63) is 47.0 Å². The molecular weight excluding hydrogens is 588 g/mol. The average Bonchev–Trinajstić information content (AvgIpc) is 2.94. The van der Waals surface area contributed by atoms with Crippen molar-refractivity contribution in [2.75, 3.05) is 6.61 Å². The topological polar surface area (TPSA) is 175 Å². The Labute approximate surface area is 261 Å². The van der Waals surface area contributed by atoms with E-state index in [-0.39, 0.29) is 30.6 Å². The number of fused-ring (bicyclic) bond motifs is 5. The quantitative estimate of drug-likeness (QED) is 0.246. The molecule has 0 spiro atoms. The second-order valence-electron chi connectivity index (χ2n) is 13.6. The van der Waals surface area contributed by atoms with Gasteiger partial charge in [-0.2, -0.15) is 0 Å². The lowest BCUT2D eigenvalue weighted by Gasteiger charge is -2.69. The zero-order valence-corrected chi connectivity index (χ0v) is 26.6. The molecule has 10 atom stereocenters. The van der Waals surface area contributed by atoms with Crippen molar-refractivity contribution >= 4 is 23.9 Å². The van der Waals surface area contributed by atoms with Gasteiger partial charge in [0, 0.05) is 44.4 Å². The highest BCUT2D eigenvalue weighted by Gasteiger charge is 2.78. The number of carbonyl (C=O) groups is 4. The van der Waals surface area contributed by atoms with Gasteiger partial charge in [0.05, 0.1) is 24.2 Å². The predicted molar refractivity (Wildman–Crippen MR) is 155 cm³/mol. The van der Waals surface area contributed by atoms with Crippen molar-refractivity contribution in [1.82, 2.24) is 0 Å². The molecule has 1 aliphatic heterocycles. The van der Waals surface area contributed by atoms with Crippen LogP contribution in [0.1, 0.15) is 71.7 Å². The minimum atomic E-state index is -2.11. The number of benzene rings is 1. The lowest BCUT2D eigenvalue weighted by molar-refractivity contribution is -0.365. The summed E-state index contributed by atoms with van der Waals surface area (Å²) in [5.41, 5.74) is -5.96. The number of hydrogen-bond acceptors (Lipinski definition) is 12. The standard InChI is InChI=1S/C33H42O12/c1-16-21(42-17(2)34)14-33(40)28(44-29(39)20-11-9-8-10-12-20)26-31(7,22(37)13-23-32(26,15-41-23)45-19(4)36)27(38)25(43-18(3)35)24(16)30(33,5)6/h8-12,21-23,25-28,37-38,40H,13-15H2,1-7H3/t21?,22-,23+,25+,26-,27-,28-,31+,32-,33+/m0/s1. The maximum atomic E-state index is 13.9. The smallest absolute Gasteiger partial charge is 0.338 e. The number of hydrogen-bond donors (Lipinski definition) is 3. The Balaban J connectivity index is 1.86. The van der Waals surface area contributed by atoms with Gasteiger partial charge in [-0.3, -0.25) is 14.4 Å². The summed E-state index contributed by atoms with van der Waals surface area (Å²) in [6.45, 7) is 9.94. The van der Waals surface area contributed by atoms with Crippen molar-refractivity contribution in [2.24, 2.45) is 16.7 Å². The van der Waals surface area contributed by atoms with Crippen LogP contribution in [0.15, 0.2) is 41.5 Å². The van der Waals surface area contributed by atoms with Gasteiger partial charge in [0.15, 0.2) is 11.7 Å². The van der Waals surface area contributed by atoms with Gasteiger partial charge in [-0.25, -0.2) is 4.79 Å². The molecule has 1 aromatic rings. The number of aliphatic hydroxyl groups is 3. The van der Waals surface area contributed by atoms with Gasteiger partial charge in [0.1, 0.15) is 30.0 Å². The number of carbonyl (C=O) groups excluding carboxylic acids is 4. The van der Waals surface area contributed by atoms with Gasteiger partial charge in [-0.15, -0.1) is 0 Å². The number of ether oxygens (including phenoxy) is 5. The molecule has 3 N–H and O–H groups in total. The highest BCUT2D eigenvalue weighted by Crippen LogP contribution is 2.65. The van der Waals surface area contributed by atoms with Crippen LogP contribution in [0.4, 0.5) is 0 Å². The van der Waals surface area contributed by atoms with Crippen LogP contribution in [0.3, 0.4) is 0 Å². The van der Waals surface area contributed by atoms with Crippen LogP contribution < -0.4 is 0 Å². The van der Waals surface area contributed by atoms with E-state index >= 15 is 0 Å². The molecule has 1 heterocycles. The third-order valence-corrected chi connectivity index (χ3v) is 10.7. The van der Waals surface area contributed by atoms with E-state index in [1.807, 2.05) is 0 Å². The lowest BCUT2D eigenvalue weighted by atomic mass is 9.44. The summed E-state index contributed by atoms with van der Waals surface area (Å²) in [5.74, 6) is -4.20. The molecule has 45 heavy (non-hydrogen) atoms. The van der Waals surface area contributed by atoms with Crippen LogP contribution >= 0.6 is 0 Å². The summed E-state index contributed by atoms with van der Waals surface area (Å²) in [6.07, 6.45) is -8.36. The van der Waals surface area contributed by atoms with Gasteiger partial charge in [0.2, 0.25) is 0 Å². The fourth-order valence-electron chi connectivity index (χ4n) is 8.46. The van der Waals surface area contributed by atoms with Crippen LogP contribution in [0.25, 0.3) is 0 Å². The molecule has 12 heteroatoms. The van der Waals surface area contributed by atoms with E-state index in [0.29, 0.717) is 5.57 Å². The SMILES string of the molecule is CC(=O)OC1C[C@@]2(O)[C@@H](OC(=O)c3ccccc3)[C@@H]3[C@]4(OC(C)=O)CO[C@@H]4C[C@H](O)[C@@]3(C)[C@@H](O)[C@H](OC(C)=O)C(=C1C)C2(C)C. The Morgan fingerprint density at radius 2 is 1.53 bits per heavy atom. The maximum absolute atomic E-state index is 13.9. The minimum absolute atomic E-state index is 0.0700. The fourth-order valence-corrected chi connectivity index (χ4v) is 8.46. The molecule has 4 aliphatic rings. The van der Waals surface area contributed by atoms with Crippen LogP contribution in [0.2, 0.25) is 0 Å². The number of aliphatic hydroxyl groups excluding tert-OH is 2. The fraction of sp³-hybridized carbons (Fsp3) is 0.636. The van der Waals surface area contributed by atoms with Crippen molar-refractivity contribution in [3.8, 4) is 0 Å². The van der Waals surface area contributed by atoms with Gasteiger partial charge in [0.25, 0.3) is 0 Å². The minimum Gasteiger partial charge on any atom is -0.458 e. The predicted octanol–water partition coefficient (Wildman–Crippen LogP) is 2.02. The zero-order valence-electron chi connectivity index (χ0n) is 26.6. The summed E-state index contributed by atoms with van der Waals surface area (Å²) >= 11 is 0. The summed E-state index contributed by atoms with van der Waals surface area (Å²) < 4.78 is 29.6. The average molecular weight is 631 g/mol. The van der Waals surface area contributed by atoms with Crippen LogP contribution in [0.5, 0.6) is 0 Å². The van der Waals surface area contributed by atoms with Gasteiger partial charge in [-0.05, 0) is 30.2 Å². The monoisotopic (exact) mass is 630 g/mol. The number of esters is 4. The molecule has 0 amide bonds. The Morgan fingerprint density at radius 1 is 0.911 bits per heavy atom. The van der Waals surface area contributed by atoms with E-state index in [0.717, 1.165) is 0 Å². The lowest BCUT2D eigenvalue weighted by Crippen LogP contribution is -2.82. The molecule has 3 fully saturated rings. The first-order chi connectivity index (χ1) is 20.9. The van der Waals surface area contributed by atoms with Crippen LogP contribution in [0, 0.1) is 16.7 Å². The number of rotatable bonds is 5. The van der Waals surface area contributed by atoms with E-state index < -0.39 is 88.5 Å². The molecule has 0 radical (unpaired) electrons. The molecule has 2 bridgehead atoms. The molecule has 246 valence electrons. The molecule has 3 aliphatic carbocycles. The van der Waals surface area contributed by atoms with Crippen molar-refractivity contribution in [2.45, 2.75) is 109 Å². The highest BCUT2D eigenvalue weighted by molar-refractivity contribution is 5.89. The Hall–Kier alpha value is -3.32. The highest BCUT2D eigenvalue weighted by atomic mass is 16.6.